The third kappa shape index (κ3) is 2.96. The van der Waals surface area contributed by atoms with Gasteiger partial charge in [0.1, 0.15) is 0 Å². The minimum Gasteiger partial charge on any atom is -0.476 e. The molecule has 0 saturated carbocycles. The number of rotatable bonds is 6. The molecule has 1 N–H and O–H groups in total. The molecule has 0 spiro atoms. The number of carboxylic acids is 1. The van der Waals surface area contributed by atoms with Crippen molar-refractivity contribution in [3.05, 3.63) is 28.8 Å². The van der Waals surface area contributed by atoms with Crippen LogP contribution in [0.25, 0.3) is 0 Å². The predicted octanol–water partition coefficient (Wildman–Crippen LogP) is 1.93. The van der Waals surface area contributed by atoms with E-state index in [1.165, 1.54) is 0 Å². The van der Waals surface area contributed by atoms with Gasteiger partial charge in [-0.1, -0.05) is 26.0 Å². The Balaban J connectivity index is 2.40. The largest absolute Gasteiger partial charge is 0.476 e. The molecule has 2 heterocycles. The maximum Gasteiger partial charge on any atom is 0.358 e. The van der Waals surface area contributed by atoms with Gasteiger partial charge < -0.3 is 5.11 Å². The Labute approximate surface area is 123 Å². The second-order valence-electron chi connectivity index (χ2n) is 5.24. The fraction of sp³-hybridized carbons (Fsp3) is 0.571. The highest BCUT2D eigenvalue weighted by atomic mass is 16.4. The normalized spacial score (nSPS) is 11.3. The zero-order chi connectivity index (χ0) is 15.6. The SMILES string of the molecule is CCc1cc(Cn2nnc(C(=O)O)c2C(C)C)n(CC)n1. The number of hydrogen-bond donors (Lipinski definition) is 1. The second-order valence-corrected chi connectivity index (χ2v) is 5.24. The first-order valence-corrected chi connectivity index (χ1v) is 7.20. The lowest BCUT2D eigenvalue weighted by atomic mass is 10.1. The molecule has 0 amide bonds. The molecule has 0 aliphatic rings. The first-order chi connectivity index (χ1) is 9.97. The van der Waals surface area contributed by atoms with Crippen molar-refractivity contribution in [2.24, 2.45) is 0 Å². The van der Waals surface area contributed by atoms with E-state index in [2.05, 4.69) is 22.3 Å². The molecule has 21 heavy (non-hydrogen) atoms. The van der Waals surface area contributed by atoms with Gasteiger partial charge in [-0.05, 0) is 25.3 Å². The lowest BCUT2D eigenvalue weighted by molar-refractivity contribution is 0.0688. The van der Waals surface area contributed by atoms with E-state index in [-0.39, 0.29) is 11.6 Å². The summed E-state index contributed by atoms with van der Waals surface area (Å²) < 4.78 is 3.59. The summed E-state index contributed by atoms with van der Waals surface area (Å²) >= 11 is 0. The Morgan fingerprint density at radius 1 is 1.33 bits per heavy atom. The molecule has 0 aliphatic carbocycles. The van der Waals surface area contributed by atoms with Crippen molar-refractivity contribution < 1.29 is 9.90 Å². The van der Waals surface area contributed by atoms with E-state index < -0.39 is 5.97 Å². The lowest BCUT2D eigenvalue weighted by Gasteiger charge is -2.10. The Hall–Kier alpha value is -2.18. The summed E-state index contributed by atoms with van der Waals surface area (Å²) in [5.41, 5.74) is 2.71. The van der Waals surface area contributed by atoms with Crippen molar-refractivity contribution in [2.45, 2.75) is 53.1 Å². The van der Waals surface area contributed by atoms with Gasteiger partial charge in [0.2, 0.25) is 0 Å². The van der Waals surface area contributed by atoms with Crippen LogP contribution in [0.4, 0.5) is 0 Å². The third-order valence-corrected chi connectivity index (χ3v) is 3.41. The van der Waals surface area contributed by atoms with Gasteiger partial charge in [-0.3, -0.25) is 4.68 Å². The summed E-state index contributed by atoms with van der Waals surface area (Å²) in [5.74, 6) is -1.00. The molecule has 7 nitrogen and oxygen atoms in total. The summed E-state index contributed by atoms with van der Waals surface area (Å²) in [6.07, 6.45) is 0.870. The summed E-state index contributed by atoms with van der Waals surface area (Å²) in [6.45, 7) is 9.22. The predicted molar refractivity (Wildman–Crippen MR) is 77.5 cm³/mol. The molecule has 0 atom stereocenters. The van der Waals surface area contributed by atoms with Crippen LogP contribution in [-0.2, 0) is 19.5 Å². The molecule has 0 aromatic carbocycles. The van der Waals surface area contributed by atoms with Crippen molar-refractivity contribution >= 4 is 5.97 Å². The Morgan fingerprint density at radius 3 is 2.57 bits per heavy atom. The van der Waals surface area contributed by atoms with Gasteiger partial charge >= 0.3 is 5.97 Å². The highest BCUT2D eigenvalue weighted by Gasteiger charge is 2.22. The van der Waals surface area contributed by atoms with Gasteiger partial charge in [0, 0.05) is 6.54 Å². The topological polar surface area (TPSA) is 85.8 Å². The molecule has 7 heteroatoms. The summed E-state index contributed by atoms with van der Waals surface area (Å²) in [4.78, 5) is 11.2. The molecule has 2 aromatic rings. The van der Waals surface area contributed by atoms with Crippen molar-refractivity contribution in [3.63, 3.8) is 0 Å². The molecule has 0 aliphatic heterocycles. The van der Waals surface area contributed by atoms with E-state index in [1.807, 2.05) is 31.5 Å². The molecular weight excluding hydrogens is 270 g/mol. The fourth-order valence-electron chi connectivity index (χ4n) is 2.40. The smallest absolute Gasteiger partial charge is 0.358 e. The van der Waals surface area contributed by atoms with Crippen LogP contribution < -0.4 is 0 Å². The number of aromatic carboxylic acids is 1. The average Bonchev–Trinajstić information content (AvgIpc) is 3.02. The van der Waals surface area contributed by atoms with E-state index >= 15 is 0 Å². The first-order valence-electron chi connectivity index (χ1n) is 7.20. The standard InChI is InChI=1S/C14H21N5O2/c1-5-10-7-11(18(6-2)16-10)8-19-13(9(3)4)12(14(20)21)15-17-19/h7,9H,5-6,8H2,1-4H3,(H,20,21). The molecule has 2 rings (SSSR count). The average molecular weight is 291 g/mol. The van der Waals surface area contributed by atoms with Gasteiger partial charge in [0.25, 0.3) is 0 Å². The summed E-state index contributed by atoms with van der Waals surface area (Å²) in [5, 5.41) is 21.5. The second kappa shape index (κ2) is 6.07. The molecular formula is C14H21N5O2. The maximum atomic E-state index is 11.2. The highest BCUT2D eigenvalue weighted by Crippen LogP contribution is 2.19. The van der Waals surface area contributed by atoms with Crippen molar-refractivity contribution in [1.29, 1.82) is 0 Å². The molecule has 0 saturated heterocycles. The van der Waals surface area contributed by atoms with Crippen molar-refractivity contribution in [1.82, 2.24) is 24.8 Å². The lowest BCUT2D eigenvalue weighted by Crippen LogP contribution is -2.13. The Morgan fingerprint density at radius 2 is 2.05 bits per heavy atom. The van der Waals surface area contributed by atoms with Crippen LogP contribution in [0, 0.1) is 0 Å². The van der Waals surface area contributed by atoms with Crippen LogP contribution in [0.1, 0.15) is 61.2 Å². The molecule has 0 bridgehead atoms. The number of aromatic nitrogens is 5. The quantitative estimate of drug-likeness (QED) is 0.878. The van der Waals surface area contributed by atoms with Crippen LogP contribution in [0.3, 0.4) is 0 Å². The minimum atomic E-state index is -1.04. The monoisotopic (exact) mass is 291 g/mol. The van der Waals surface area contributed by atoms with Crippen LogP contribution in [0.2, 0.25) is 0 Å². The summed E-state index contributed by atoms with van der Waals surface area (Å²) in [6, 6.07) is 2.04. The summed E-state index contributed by atoms with van der Waals surface area (Å²) in [7, 11) is 0. The number of hydrogen-bond acceptors (Lipinski definition) is 4. The van der Waals surface area contributed by atoms with Crippen LogP contribution >= 0.6 is 0 Å². The molecule has 0 unspecified atom stereocenters. The van der Waals surface area contributed by atoms with Gasteiger partial charge in [0.15, 0.2) is 5.69 Å². The maximum absolute atomic E-state index is 11.2. The van der Waals surface area contributed by atoms with E-state index in [1.54, 1.807) is 4.68 Å². The van der Waals surface area contributed by atoms with Gasteiger partial charge in [-0.2, -0.15) is 5.10 Å². The minimum absolute atomic E-state index is 0.0308. The zero-order valence-corrected chi connectivity index (χ0v) is 12.9. The number of aryl methyl sites for hydroxylation is 2. The zero-order valence-electron chi connectivity index (χ0n) is 12.9. The van der Waals surface area contributed by atoms with E-state index in [9.17, 15) is 9.90 Å². The van der Waals surface area contributed by atoms with Gasteiger partial charge in [-0.25, -0.2) is 9.48 Å². The van der Waals surface area contributed by atoms with Crippen LogP contribution in [-0.4, -0.2) is 35.9 Å². The van der Waals surface area contributed by atoms with Gasteiger partial charge in [0.05, 0.1) is 23.6 Å². The van der Waals surface area contributed by atoms with Gasteiger partial charge in [-0.15, -0.1) is 5.10 Å². The highest BCUT2D eigenvalue weighted by molar-refractivity contribution is 5.86. The Bertz CT molecular complexity index is 642. The number of carboxylic acid groups (broad SMARTS) is 1. The van der Waals surface area contributed by atoms with E-state index in [0.29, 0.717) is 12.2 Å². The molecule has 0 radical (unpaired) electrons. The third-order valence-electron chi connectivity index (χ3n) is 3.41. The van der Waals surface area contributed by atoms with Crippen LogP contribution in [0.5, 0.6) is 0 Å². The van der Waals surface area contributed by atoms with Crippen LogP contribution in [0.15, 0.2) is 6.07 Å². The van der Waals surface area contributed by atoms with Crippen molar-refractivity contribution in [2.75, 3.05) is 0 Å². The van der Waals surface area contributed by atoms with E-state index in [0.717, 1.165) is 24.4 Å². The molecule has 0 fully saturated rings. The first kappa shape index (κ1) is 15.2. The Kier molecular flexibility index (Phi) is 4.40. The van der Waals surface area contributed by atoms with E-state index in [4.69, 9.17) is 0 Å². The molecule has 114 valence electrons. The number of nitrogens with zero attached hydrogens (tertiary/aromatic N) is 5. The fourth-order valence-corrected chi connectivity index (χ4v) is 2.40. The number of carbonyl (C=O) groups is 1. The van der Waals surface area contributed by atoms with Crippen molar-refractivity contribution in [3.8, 4) is 0 Å². The molecule has 2 aromatic heterocycles.